The zero-order chi connectivity index (χ0) is 31.6. The van der Waals surface area contributed by atoms with Crippen LogP contribution in [-0.4, -0.2) is 107 Å². The van der Waals surface area contributed by atoms with Crippen molar-refractivity contribution < 1.29 is 39.3 Å². The number of fused-ring (bicyclic) bond motifs is 1. The summed E-state index contributed by atoms with van der Waals surface area (Å²) in [5.41, 5.74) is 11.4. The van der Waals surface area contributed by atoms with Crippen LogP contribution in [0.3, 0.4) is 0 Å². The van der Waals surface area contributed by atoms with Crippen LogP contribution in [0.5, 0.6) is 0 Å². The Balaban J connectivity index is 1.47. The molecule has 3 atom stereocenters. The molecule has 0 bridgehead atoms. The van der Waals surface area contributed by atoms with E-state index in [9.17, 15) is 34.7 Å². The van der Waals surface area contributed by atoms with Crippen LogP contribution in [0.2, 0.25) is 4.34 Å². The zero-order valence-electron chi connectivity index (χ0n) is 22.5. The van der Waals surface area contributed by atoms with Gasteiger partial charge in [-0.2, -0.15) is 11.8 Å². The molecule has 8 N–H and O–H groups in total. The molecule has 0 radical (unpaired) electrons. The molecule has 0 aliphatic carbocycles. The first kappa shape index (κ1) is 33.0. The molecule has 1 fully saturated rings. The number of nitrogens with one attached hydrogen (secondary N) is 1. The number of carboxylic acids is 1. The number of amides is 3. The van der Waals surface area contributed by atoms with E-state index in [1.54, 1.807) is 18.5 Å². The van der Waals surface area contributed by atoms with Gasteiger partial charge in [0, 0.05) is 39.5 Å². The standard InChI is InChI=1S/C23H25ClN8O7S4/c1-32(2,39)21(35)10(25)7-40-6-9-5-27-4-3-11(9)42-12-8-41-20-15(19(34)31(20)16(12)22(36)37)28-18(33)14(30-38)13-17(24)43-23(26)29-13/h3-5,10,15,20,39H,6-8,25H2,1-2H3,(H4-,26,28,29,33,36,37,38)/p+1/t10-,15+,20-/m0/s1. The number of nitrogen functional groups attached to an aromatic ring is 1. The van der Waals surface area contributed by atoms with Crippen LogP contribution in [0.1, 0.15) is 11.3 Å². The Morgan fingerprint density at radius 1 is 1.37 bits per heavy atom. The van der Waals surface area contributed by atoms with E-state index < -0.39 is 51.5 Å². The number of anilines is 1. The fourth-order valence-corrected chi connectivity index (χ4v) is 8.62. The number of nitrogens with two attached hydrogens (primary N) is 2. The molecule has 230 valence electrons. The predicted molar refractivity (Wildman–Crippen MR) is 163 cm³/mol. The molecule has 20 heteroatoms. The van der Waals surface area contributed by atoms with Crippen molar-refractivity contribution in [2.45, 2.75) is 28.1 Å². The summed E-state index contributed by atoms with van der Waals surface area (Å²) in [7, 11) is 2.64. The number of aliphatic carboxylic acids is 1. The van der Waals surface area contributed by atoms with Crippen molar-refractivity contribution in [3.63, 3.8) is 0 Å². The lowest BCUT2D eigenvalue weighted by atomic mass is 10.0. The number of aromatic nitrogens is 2. The maximum Gasteiger partial charge on any atom is 0.362 e. The molecule has 1 saturated heterocycles. The number of thiazole rings is 1. The number of carbonyl (C=O) groups is 4. The average Bonchev–Trinajstić information content (AvgIpc) is 3.28. The van der Waals surface area contributed by atoms with Crippen molar-refractivity contribution in [2.75, 3.05) is 31.3 Å². The number of pyridine rings is 1. The molecule has 0 spiro atoms. The number of hydrogen-bond donors (Lipinski definition) is 6. The summed E-state index contributed by atoms with van der Waals surface area (Å²) in [6, 6.07) is -0.268. The second-order valence-electron chi connectivity index (χ2n) is 9.50. The highest BCUT2D eigenvalue weighted by Gasteiger charge is 2.54. The molecule has 0 saturated carbocycles. The number of thioether (sulfide) groups is 3. The SMILES string of the molecule is C[N+](C)(O)C(=O)[C@@H](N)CSCc1cnccc1SC1=C(C(=O)O)N2C(=O)[C@@H](NC(=O)/C(=N\O)c3nc(N)sc3Cl)[C@@H]2SC1. The fourth-order valence-electron chi connectivity index (χ4n) is 4.07. The number of quaternary nitrogens is 1. The highest BCUT2D eigenvalue weighted by atomic mass is 35.5. The molecule has 4 rings (SSSR count). The lowest BCUT2D eigenvalue weighted by Crippen LogP contribution is -2.71. The van der Waals surface area contributed by atoms with Gasteiger partial charge >= 0.3 is 11.9 Å². The monoisotopic (exact) mass is 689 g/mol. The number of nitrogens with zero attached hydrogens (tertiary/aromatic N) is 5. The molecule has 4 heterocycles. The van der Waals surface area contributed by atoms with E-state index in [1.165, 1.54) is 49.4 Å². The lowest BCUT2D eigenvalue weighted by molar-refractivity contribution is -1.01. The molecule has 0 aromatic carbocycles. The van der Waals surface area contributed by atoms with Crippen LogP contribution in [0.4, 0.5) is 5.13 Å². The predicted octanol–water partition coefficient (Wildman–Crippen LogP) is 0.993. The fraction of sp³-hybridized carbons (Fsp3) is 0.348. The van der Waals surface area contributed by atoms with Gasteiger partial charge < -0.3 is 27.1 Å². The van der Waals surface area contributed by atoms with Crippen LogP contribution in [0, 0.1) is 0 Å². The average molecular weight is 690 g/mol. The lowest BCUT2D eigenvalue weighted by Gasteiger charge is -2.49. The van der Waals surface area contributed by atoms with Gasteiger partial charge in [0.2, 0.25) is 0 Å². The second kappa shape index (κ2) is 13.4. The molecule has 2 aromatic heterocycles. The van der Waals surface area contributed by atoms with Gasteiger partial charge in [-0.3, -0.25) is 19.5 Å². The summed E-state index contributed by atoms with van der Waals surface area (Å²) in [6.45, 7) is 0. The summed E-state index contributed by atoms with van der Waals surface area (Å²) < 4.78 is -0.864. The van der Waals surface area contributed by atoms with Crippen LogP contribution < -0.4 is 16.8 Å². The van der Waals surface area contributed by atoms with Gasteiger partial charge in [0.05, 0.1) is 0 Å². The van der Waals surface area contributed by atoms with E-state index in [-0.39, 0.29) is 32.4 Å². The van der Waals surface area contributed by atoms with E-state index in [2.05, 4.69) is 20.4 Å². The molecule has 43 heavy (non-hydrogen) atoms. The second-order valence-corrected chi connectivity index (χ2v) is 14.4. The Kier molecular flexibility index (Phi) is 10.3. The van der Waals surface area contributed by atoms with Crippen molar-refractivity contribution in [3.05, 3.63) is 44.7 Å². The molecule has 2 aliphatic rings. The third kappa shape index (κ3) is 7.09. The first-order valence-electron chi connectivity index (χ1n) is 12.2. The van der Waals surface area contributed by atoms with Crippen molar-refractivity contribution >= 4 is 92.8 Å². The number of oxime groups is 1. The molecule has 0 unspecified atom stereocenters. The van der Waals surface area contributed by atoms with Gasteiger partial charge in [-0.15, -0.1) is 16.4 Å². The van der Waals surface area contributed by atoms with Crippen molar-refractivity contribution in [2.24, 2.45) is 10.9 Å². The smallest absolute Gasteiger partial charge is 0.362 e. The minimum absolute atomic E-state index is 0.0189. The largest absolute Gasteiger partial charge is 0.477 e. The Bertz CT molecular complexity index is 1530. The Morgan fingerprint density at radius 3 is 2.70 bits per heavy atom. The topological polar surface area (TPSA) is 234 Å². The summed E-state index contributed by atoms with van der Waals surface area (Å²) in [6.07, 6.45) is 3.18. The van der Waals surface area contributed by atoms with E-state index in [0.717, 1.165) is 21.8 Å². The number of carbonyl (C=O) groups excluding carboxylic acids is 3. The minimum Gasteiger partial charge on any atom is -0.477 e. The van der Waals surface area contributed by atoms with Crippen molar-refractivity contribution in [3.8, 4) is 0 Å². The highest BCUT2D eigenvalue weighted by Crippen LogP contribution is 2.46. The van der Waals surface area contributed by atoms with E-state index in [0.29, 0.717) is 15.6 Å². The molecular weight excluding hydrogens is 664 g/mol. The summed E-state index contributed by atoms with van der Waals surface area (Å²) in [5, 5.41) is 34.1. The summed E-state index contributed by atoms with van der Waals surface area (Å²) >= 11 is 10.7. The molecule has 2 aromatic rings. The van der Waals surface area contributed by atoms with E-state index >= 15 is 0 Å². The van der Waals surface area contributed by atoms with E-state index in [4.69, 9.17) is 23.1 Å². The number of carboxylic acid groups (broad SMARTS) is 1. The quantitative estimate of drug-likeness (QED) is 0.0482. The van der Waals surface area contributed by atoms with Crippen LogP contribution in [-0.2, 0) is 24.9 Å². The maximum atomic E-state index is 13.1. The third-order valence-electron chi connectivity index (χ3n) is 6.07. The number of likely N-dealkylation sites (N-methyl/N-ethyl adjacent to an activating group) is 1. The Hall–Kier alpha value is -2.91. The van der Waals surface area contributed by atoms with Gasteiger partial charge in [-0.05, 0) is 11.6 Å². The Morgan fingerprint density at radius 2 is 2.09 bits per heavy atom. The minimum atomic E-state index is -1.31. The number of rotatable bonds is 11. The molecular formula is C23H26ClN8O7S4+. The van der Waals surface area contributed by atoms with Gasteiger partial charge in [-0.25, -0.2) is 19.8 Å². The Labute approximate surface area is 266 Å². The highest BCUT2D eigenvalue weighted by molar-refractivity contribution is 8.06. The molecule has 2 aliphatic heterocycles. The van der Waals surface area contributed by atoms with Crippen molar-refractivity contribution in [1.29, 1.82) is 0 Å². The first-order chi connectivity index (χ1) is 20.2. The summed E-state index contributed by atoms with van der Waals surface area (Å²) in [4.78, 5) is 60.7. The number of β-lactam (4-membered cyclic amide) rings is 1. The zero-order valence-corrected chi connectivity index (χ0v) is 26.5. The van der Waals surface area contributed by atoms with Gasteiger partial charge in [0.25, 0.3) is 11.8 Å². The van der Waals surface area contributed by atoms with Crippen molar-refractivity contribution in [1.82, 2.24) is 20.2 Å². The van der Waals surface area contributed by atoms with E-state index in [1.807, 2.05) is 0 Å². The summed E-state index contributed by atoms with van der Waals surface area (Å²) in [5.74, 6) is -2.58. The third-order valence-corrected chi connectivity index (χ3v) is 10.9. The van der Waals surface area contributed by atoms with Gasteiger partial charge in [0.15, 0.2) is 10.8 Å². The van der Waals surface area contributed by atoms with Crippen LogP contribution in [0.15, 0.2) is 39.1 Å². The van der Waals surface area contributed by atoms with Crippen LogP contribution in [0.25, 0.3) is 0 Å². The normalized spacial score (nSPS) is 19.5. The number of halogens is 1. The maximum absolute atomic E-state index is 13.1. The van der Waals surface area contributed by atoms with Gasteiger partial charge in [0.1, 0.15) is 47.3 Å². The molecule has 15 nitrogen and oxygen atoms in total. The van der Waals surface area contributed by atoms with Gasteiger partial charge in [-0.1, -0.05) is 39.9 Å². The number of hydrogen-bond acceptors (Lipinski definition) is 15. The first-order valence-corrected chi connectivity index (χ1v) is 16.4. The van der Waals surface area contributed by atoms with Crippen LogP contribution >= 0.6 is 58.2 Å². The number of hydroxylamine groups is 3. The molecule has 3 amide bonds.